The molecule has 5 rings (SSSR count). The Morgan fingerprint density at radius 1 is 1.11 bits per heavy atom. The number of ether oxygens (including phenoxy) is 1. The van der Waals surface area contributed by atoms with Gasteiger partial charge in [0.15, 0.2) is 0 Å². The predicted octanol–water partition coefficient (Wildman–Crippen LogP) is 3.71. The molecule has 1 aliphatic rings. The zero-order chi connectivity index (χ0) is 26.6. The number of benzene rings is 2. The third-order valence-electron chi connectivity index (χ3n) is 7.13. The standard InChI is InChI=1S/C28H33N7O3/c1-19-23(17-33(2)31-19)27(28(37)29-20-9-5-4-6-10-20)35(21-13-15-22(38-3)16-14-21)26(36)18-34-25-12-8-7-11-24(25)30-32-34/h7-8,11-17,20,27H,4-6,9-10,18H2,1-3H3,(H,29,37)/t27-/m1/s1. The molecule has 38 heavy (non-hydrogen) atoms. The Kier molecular flexibility index (Phi) is 7.39. The molecular weight excluding hydrogens is 482 g/mol. The van der Waals surface area contributed by atoms with E-state index < -0.39 is 6.04 Å². The summed E-state index contributed by atoms with van der Waals surface area (Å²) in [5.74, 6) is 0.141. The highest BCUT2D eigenvalue weighted by molar-refractivity contribution is 6.01. The number of para-hydroxylation sites is 1. The molecular formula is C28H33N7O3. The second-order valence-electron chi connectivity index (χ2n) is 9.79. The second kappa shape index (κ2) is 11.0. The Hall–Kier alpha value is -4.21. The Bertz CT molecular complexity index is 1420. The number of rotatable bonds is 8. The lowest BCUT2D eigenvalue weighted by Gasteiger charge is -2.33. The highest BCUT2D eigenvalue weighted by Crippen LogP contribution is 2.32. The number of nitrogens with one attached hydrogen (secondary N) is 1. The molecule has 0 radical (unpaired) electrons. The van der Waals surface area contributed by atoms with Gasteiger partial charge in [-0.2, -0.15) is 5.10 Å². The average molecular weight is 516 g/mol. The van der Waals surface area contributed by atoms with Gasteiger partial charge in [-0.15, -0.1) is 5.10 Å². The summed E-state index contributed by atoms with van der Waals surface area (Å²) in [6.07, 6.45) is 7.04. The SMILES string of the molecule is COc1ccc(N(C(=O)Cn2nnc3ccccc32)[C@@H](C(=O)NC2CCCCC2)c2cn(C)nc2C)cc1. The third kappa shape index (κ3) is 5.25. The monoisotopic (exact) mass is 515 g/mol. The molecule has 2 aromatic heterocycles. The number of carbonyl (C=O) groups excluding carboxylic acids is 2. The van der Waals surface area contributed by atoms with E-state index in [1.165, 1.54) is 6.42 Å². The molecule has 1 aliphatic carbocycles. The van der Waals surface area contributed by atoms with Gasteiger partial charge >= 0.3 is 0 Å². The van der Waals surface area contributed by atoms with Crippen LogP contribution in [0.5, 0.6) is 5.75 Å². The molecule has 10 nitrogen and oxygen atoms in total. The first-order chi connectivity index (χ1) is 18.4. The zero-order valence-electron chi connectivity index (χ0n) is 22.0. The highest BCUT2D eigenvalue weighted by atomic mass is 16.5. The van der Waals surface area contributed by atoms with Crippen LogP contribution in [0.25, 0.3) is 11.0 Å². The Balaban J connectivity index is 1.57. The quantitative estimate of drug-likeness (QED) is 0.383. The lowest BCUT2D eigenvalue weighted by Crippen LogP contribution is -2.48. The minimum absolute atomic E-state index is 0.0843. The van der Waals surface area contributed by atoms with Crippen molar-refractivity contribution in [2.75, 3.05) is 12.0 Å². The van der Waals surface area contributed by atoms with E-state index in [1.807, 2.05) is 44.4 Å². The summed E-state index contributed by atoms with van der Waals surface area (Å²) in [6.45, 7) is 1.77. The minimum atomic E-state index is -0.915. The summed E-state index contributed by atoms with van der Waals surface area (Å²) in [7, 11) is 3.40. The first-order valence-corrected chi connectivity index (χ1v) is 13.0. The summed E-state index contributed by atoms with van der Waals surface area (Å²) in [6, 6.07) is 13.8. The number of nitrogens with zero attached hydrogens (tertiary/aromatic N) is 6. The van der Waals surface area contributed by atoms with Crippen LogP contribution in [0.1, 0.15) is 49.4 Å². The summed E-state index contributed by atoms with van der Waals surface area (Å²) < 4.78 is 8.58. The molecule has 2 amide bonds. The van der Waals surface area contributed by atoms with Crippen molar-refractivity contribution in [3.63, 3.8) is 0 Å². The van der Waals surface area contributed by atoms with Crippen LogP contribution in [0, 0.1) is 6.92 Å². The smallest absolute Gasteiger partial charge is 0.249 e. The van der Waals surface area contributed by atoms with Crippen LogP contribution < -0.4 is 15.0 Å². The normalized spacial score (nSPS) is 14.8. The number of amides is 2. The maximum absolute atomic E-state index is 14.1. The van der Waals surface area contributed by atoms with Crippen LogP contribution in [0.15, 0.2) is 54.7 Å². The van der Waals surface area contributed by atoms with Gasteiger partial charge in [-0.25, -0.2) is 4.68 Å². The summed E-state index contributed by atoms with van der Waals surface area (Å²) in [5, 5.41) is 16.1. The van der Waals surface area contributed by atoms with Gasteiger partial charge < -0.3 is 10.1 Å². The molecule has 0 spiro atoms. The molecule has 1 saturated carbocycles. The van der Waals surface area contributed by atoms with Crippen molar-refractivity contribution in [3.05, 3.63) is 66.0 Å². The maximum Gasteiger partial charge on any atom is 0.249 e. The fraction of sp³-hybridized carbons (Fsp3) is 0.393. The second-order valence-corrected chi connectivity index (χ2v) is 9.79. The van der Waals surface area contributed by atoms with Gasteiger partial charge in [-0.1, -0.05) is 36.6 Å². The van der Waals surface area contributed by atoms with Crippen molar-refractivity contribution in [1.29, 1.82) is 0 Å². The molecule has 1 fully saturated rings. The fourth-order valence-corrected chi connectivity index (χ4v) is 5.23. The molecule has 0 saturated heterocycles. The highest BCUT2D eigenvalue weighted by Gasteiger charge is 2.36. The average Bonchev–Trinajstić information content (AvgIpc) is 3.49. The van der Waals surface area contributed by atoms with E-state index >= 15 is 0 Å². The van der Waals surface area contributed by atoms with E-state index in [9.17, 15) is 9.59 Å². The number of aromatic nitrogens is 5. The molecule has 2 aromatic carbocycles. The molecule has 10 heteroatoms. The van der Waals surface area contributed by atoms with E-state index in [4.69, 9.17) is 4.74 Å². The molecule has 1 atom stereocenters. The van der Waals surface area contributed by atoms with Crippen molar-refractivity contribution in [1.82, 2.24) is 30.1 Å². The van der Waals surface area contributed by atoms with Crippen molar-refractivity contribution < 1.29 is 14.3 Å². The number of fused-ring (bicyclic) bond motifs is 1. The number of hydrogen-bond acceptors (Lipinski definition) is 6. The van der Waals surface area contributed by atoms with Gasteiger partial charge in [0.1, 0.15) is 23.9 Å². The van der Waals surface area contributed by atoms with Crippen LogP contribution in [-0.4, -0.2) is 49.7 Å². The minimum Gasteiger partial charge on any atom is -0.497 e. The molecule has 0 unspecified atom stereocenters. The van der Waals surface area contributed by atoms with E-state index in [-0.39, 0.29) is 24.4 Å². The number of anilines is 1. The zero-order valence-corrected chi connectivity index (χ0v) is 22.0. The van der Waals surface area contributed by atoms with Crippen LogP contribution in [0.4, 0.5) is 5.69 Å². The number of methoxy groups -OCH3 is 1. The Morgan fingerprint density at radius 3 is 2.53 bits per heavy atom. The van der Waals surface area contributed by atoms with Crippen LogP contribution in [0.3, 0.4) is 0 Å². The topological polar surface area (TPSA) is 107 Å². The van der Waals surface area contributed by atoms with Crippen LogP contribution >= 0.6 is 0 Å². The van der Waals surface area contributed by atoms with Gasteiger partial charge in [-0.3, -0.25) is 19.2 Å². The molecule has 0 bridgehead atoms. The Labute approximate surface area is 221 Å². The molecule has 2 heterocycles. The number of carbonyl (C=O) groups is 2. The van der Waals surface area contributed by atoms with Crippen LogP contribution in [0.2, 0.25) is 0 Å². The first kappa shape index (κ1) is 25.4. The molecule has 4 aromatic rings. The maximum atomic E-state index is 14.1. The van der Waals surface area contributed by atoms with Gasteiger partial charge in [0.2, 0.25) is 11.8 Å². The molecule has 0 aliphatic heterocycles. The summed E-state index contributed by atoms with van der Waals surface area (Å²) in [5.41, 5.74) is 3.39. The summed E-state index contributed by atoms with van der Waals surface area (Å²) in [4.78, 5) is 29.7. The van der Waals surface area contributed by atoms with E-state index in [0.717, 1.165) is 31.2 Å². The van der Waals surface area contributed by atoms with Gasteiger partial charge in [0.25, 0.3) is 0 Å². The fourth-order valence-electron chi connectivity index (χ4n) is 5.23. The predicted molar refractivity (Wildman–Crippen MR) is 144 cm³/mol. The van der Waals surface area contributed by atoms with E-state index in [1.54, 1.807) is 45.6 Å². The first-order valence-electron chi connectivity index (χ1n) is 13.0. The van der Waals surface area contributed by atoms with Gasteiger partial charge in [0.05, 0.1) is 18.3 Å². The molecule has 198 valence electrons. The van der Waals surface area contributed by atoms with Crippen molar-refractivity contribution in [2.24, 2.45) is 7.05 Å². The van der Waals surface area contributed by atoms with Crippen LogP contribution in [-0.2, 0) is 23.2 Å². The van der Waals surface area contributed by atoms with Crippen molar-refractivity contribution in [3.8, 4) is 5.75 Å². The van der Waals surface area contributed by atoms with Crippen molar-refractivity contribution in [2.45, 2.75) is 57.7 Å². The number of aryl methyl sites for hydroxylation is 2. The number of hydrogen-bond donors (Lipinski definition) is 1. The van der Waals surface area contributed by atoms with E-state index in [2.05, 4.69) is 20.7 Å². The van der Waals surface area contributed by atoms with E-state index in [0.29, 0.717) is 28.2 Å². The largest absolute Gasteiger partial charge is 0.497 e. The third-order valence-corrected chi connectivity index (χ3v) is 7.13. The van der Waals surface area contributed by atoms with Gasteiger partial charge in [0, 0.05) is 30.5 Å². The van der Waals surface area contributed by atoms with Crippen molar-refractivity contribution >= 4 is 28.5 Å². The Morgan fingerprint density at radius 2 is 1.84 bits per heavy atom. The lowest BCUT2D eigenvalue weighted by molar-refractivity contribution is -0.127. The summed E-state index contributed by atoms with van der Waals surface area (Å²) >= 11 is 0. The lowest BCUT2D eigenvalue weighted by atomic mass is 9.94. The van der Waals surface area contributed by atoms with Gasteiger partial charge in [-0.05, 0) is 56.2 Å². The molecule has 1 N–H and O–H groups in total.